The van der Waals surface area contributed by atoms with Crippen molar-refractivity contribution in [1.82, 2.24) is 15.1 Å². The van der Waals surface area contributed by atoms with Gasteiger partial charge in [0.15, 0.2) is 0 Å². The summed E-state index contributed by atoms with van der Waals surface area (Å²) in [5.41, 5.74) is 0. The average Bonchev–Trinajstić information content (AvgIpc) is 2.86. The van der Waals surface area contributed by atoms with Gasteiger partial charge in [-0.3, -0.25) is 4.79 Å². The molecular weight excluding hydrogens is 310 g/mol. The number of hydrogen-bond acceptors (Lipinski definition) is 5. The fourth-order valence-electron chi connectivity index (χ4n) is 2.69. The number of aromatic nitrogens is 2. The molecule has 1 aromatic heterocycles. The van der Waals surface area contributed by atoms with Crippen LogP contribution in [-0.2, 0) is 4.79 Å². The quantitative estimate of drug-likeness (QED) is 0.854. The molecule has 3 rings (SSSR count). The van der Waals surface area contributed by atoms with Crippen molar-refractivity contribution in [3.8, 4) is 0 Å². The number of carbonyl (C=O) groups is 1. The van der Waals surface area contributed by atoms with Gasteiger partial charge in [-0.1, -0.05) is 25.2 Å². The third-order valence-corrected chi connectivity index (χ3v) is 5.52. The average molecular weight is 330 g/mol. The second-order valence-corrected chi connectivity index (χ2v) is 7.35. The smallest absolute Gasteiger partial charge is 0.251 e. The lowest BCUT2D eigenvalue weighted by atomic mass is 9.97. The molecule has 5 nitrogen and oxygen atoms in total. The van der Waals surface area contributed by atoms with Gasteiger partial charge in [-0.25, -0.2) is 8.78 Å². The molecule has 0 N–H and O–H groups in total. The Balaban J connectivity index is 1.51. The molecule has 0 saturated carbocycles. The molecule has 122 valence electrons. The molecule has 2 aliphatic heterocycles. The van der Waals surface area contributed by atoms with Crippen LogP contribution in [0.2, 0.25) is 0 Å². The van der Waals surface area contributed by atoms with E-state index in [1.54, 1.807) is 16.2 Å². The molecule has 2 saturated heterocycles. The van der Waals surface area contributed by atoms with Gasteiger partial charge in [0.2, 0.25) is 11.0 Å². The molecule has 1 amide bonds. The van der Waals surface area contributed by atoms with Crippen molar-refractivity contribution < 1.29 is 13.6 Å². The fraction of sp³-hybridized carbons (Fsp3) is 0.786. The molecule has 1 aromatic rings. The minimum Gasteiger partial charge on any atom is -0.345 e. The standard InChI is InChI=1S/C14H20F2N4OS/c1-9(2)11-17-18-13(22-11)20-7-10(8-20)12(21)19-5-3-14(15,16)4-6-19/h9-10H,3-8H2,1-2H3. The number of likely N-dealkylation sites (tertiary alicyclic amines) is 1. The van der Waals surface area contributed by atoms with Crippen LogP contribution in [0.15, 0.2) is 0 Å². The Morgan fingerprint density at radius 2 is 1.91 bits per heavy atom. The molecule has 0 aromatic carbocycles. The van der Waals surface area contributed by atoms with Crippen LogP contribution in [0.3, 0.4) is 0 Å². The molecule has 0 aliphatic carbocycles. The van der Waals surface area contributed by atoms with Crippen LogP contribution in [0.4, 0.5) is 13.9 Å². The van der Waals surface area contributed by atoms with E-state index in [1.165, 1.54) is 0 Å². The molecule has 0 unspecified atom stereocenters. The topological polar surface area (TPSA) is 49.3 Å². The lowest BCUT2D eigenvalue weighted by Crippen LogP contribution is -2.56. The molecule has 3 heterocycles. The number of amides is 1. The predicted molar refractivity (Wildman–Crippen MR) is 80.5 cm³/mol. The van der Waals surface area contributed by atoms with E-state index in [1.807, 2.05) is 4.90 Å². The van der Waals surface area contributed by atoms with E-state index in [0.717, 1.165) is 10.1 Å². The second-order valence-electron chi connectivity index (χ2n) is 6.36. The first-order valence-corrected chi connectivity index (χ1v) is 8.42. The van der Waals surface area contributed by atoms with Gasteiger partial charge in [0, 0.05) is 44.9 Å². The Bertz CT molecular complexity index is 547. The number of hydrogen-bond donors (Lipinski definition) is 0. The van der Waals surface area contributed by atoms with Gasteiger partial charge in [-0.15, -0.1) is 10.2 Å². The van der Waals surface area contributed by atoms with Gasteiger partial charge in [-0.2, -0.15) is 0 Å². The highest BCUT2D eigenvalue weighted by Crippen LogP contribution is 2.33. The lowest BCUT2D eigenvalue weighted by Gasteiger charge is -2.41. The highest BCUT2D eigenvalue weighted by Gasteiger charge is 2.41. The Morgan fingerprint density at radius 3 is 2.45 bits per heavy atom. The van der Waals surface area contributed by atoms with Crippen LogP contribution in [0.5, 0.6) is 0 Å². The molecule has 0 radical (unpaired) electrons. The molecule has 2 aliphatic rings. The van der Waals surface area contributed by atoms with Crippen LogP contribution >= 0.6 is 11.3 Å². The minimum atomic E-state index is -2.61. The fourth-order valence-corrected chi connectivity index (χ4v) is 3.56. The van der Waals surface area contributed by atoms with Crippen LogP contribution in [0.1, 0.15) is 37.6 Å². The molecule has 8 heteroatoms. The largest absolute Gasteiger partial charge is 0.345 e. The Labute approximate surface area is 132 Å². The lowest BCUT2D eigenvalue weighted by molar-refractivity contribution is -0.142. The maximum atomic E-state index is 13.1. The van der Waals surface area contributed by atoms with Gasteiger partial charge >= 0.3 is 0 Å². The van der Waals surface area contributed by atoms with E-state index < -0.39 is 5.92 Å². The second kappa shape index (κ2) is 5.72. The number of rotatable bonds is 3. The van der Waals surface area contributed by atoms with Crippen LogP contribution in [-0.4, -0.2) is 53.1 Å². The Morgan fingerprint density at radius 1 is 1.27 bits per heavy atom. The van der Waals surface area contributed by atoms with Crippen molar-refractivity contribution >= 4 is 22.4 Å². The number of piperidine rings is 1. The Hall–Kier alpha value is -1.31. The van der Waals surface area contributed by atoms with Gasteiger partial charge in [-0.05, 0) is 0 Å². The number of carbonyl (C=O) groups excluding carboxylic acids is 1. The minimum absolute atomic E-state index is 0.000323. The zero-order valence-electron chi connectivity index (χ0n) is 12.8. The van der Waals surface area contributed by atoms with E-state index in [0.29, 0.717) is 19.0 Å². The number of nitrogens with zero attached hydrogens (tertiary/aromatic N) is 4. The van der Waals surface area contributed by atoms with Gasteiger partial charge < -0.3 is 9.80 Å². The highest BCUT2D eigenvalue weighted by molar-refractivity contribution is 7.15. The summed E-state index contributed by atoms with van der Waals surface area (Å²) in [4.78, 5) is 15.9. The van der Waals surface area contributed by atoms with E-state index >= 15 is 0 Å². The van der Waals surface area contributed by atoms with E-state index in [9.17, 15) is 13.6 Å². The molecule has 0 bridgehead atoms. The summed E-state index contributed by atoms with van der Waals surface area (Å²) in [5, 5.41) is 10.1. The van der Waals surface area contributed by atoms with Crippen LogP contribution < -0.4 is 4.90 Å². The van der Waals surface area contributed by atoms with Gasteiger partial charge in [0.25, 0.3) is 5.92 Å². The first kappa shape index (κ1) is 15.6. The van der Waals surface area contributed by atoms with Crippen LogP contribution in [0.25, 0.3) is 0 Å². The Kier molecular flexibility index (Phi) is 4.05. The number of alkyl halides is 2. The summed E-state index contributed by atoms with van der Waals surface area (Å²) in [5.74, 6) is -2.36. The van der Waals surface area contributed by atoms with Crippen molar-refractivity contribution in [2.75, 3.05) is 31.1 Å². The first-order valence-electron chi connectivity index (χ1n) is 7.61. The van der Waals surface area contributed by atoms with Crippen molar-refractivity contribution in [3.05, 3.63) is 5.01 Å². The summed E-state index contributed by atoms with van der Waals surface area (Å²) in [7, 11) is 0. The number of anilines is 1. The number of halogens is 2. The van der Waals surface area contributed by atoms with E-state index in [-0.39, 0.29) is 37.8 Å². The summed E-state index contributed by atoms with van der Waals surface area (Å²) < 4.78 is 26.3. The summed E-state index contributed by atoms with van der Waals surface area (Å²) >= 11 is 1.55. The SMILES string of the molecule is CC(C)c1nnc(N2CC(C(=O)N3CCC(F)(F)CC3)C2)s1. The third kappa shape index (κ3) is 3.06. The van der Waals surface area contributed by atoms with E-state index in [2.05, 4.69) is 24.0 Å². The molecule has 2 fully saturated rings. The van der Waals surface area contributed by atoms with Crippen molar-refractivity contribution in [1.29, 1.82) is 0 Å². The van der Waals surface area contributed by atoms with Crippen LogP contribution in [0, 0.1) is 5.92 Å². The maximum Gasteiger partial charge on any atom is 0.251 e. The van der Waals surface area contributed by atoms with Crippen molar-refractivity contribution in [2.45, 2.75) is 38.5 Å². The van der Waals surface area contributed by atoms with Crippen molar-refractivity contribution in [3.63, 3.8) is 0 Å². The molecule has 22 heavy (non-hydrogen) atoms. The molecule has 0 spiro atoms. The third-order valence-electron chi connectivity index (χ3n) is 4.23. The zero-order chi connectivity index (χ0) is 15.9. The molecular formula is C14H20F2N4OS. The highest BCUT2D eigenvalue weighted by atomic mass is 32.1. The summed E-state index contributed by atoms with van der Waals surface area (Å²) in [6.45, 7) is 5.69. The van der Waals surface area contributed by atoms with Gasteiger partial charge in [0.1, 0.15) is 5.01 Å². The zero-order valence-corrected chi connectivity index (χ0v) is 13.6. The maximum absolute atomic E-state index is 13.1. The molecule has 0 atom stereocenters. The van der Waals surface area contributed by atoms with Gasteiger partial charge in [0.05, 0.1) is 5.92 Å². The predicted octanol–water partition coefficient (Wildman–Crippen LogP) is 2.36. The summed E-state index contributed by atoms with van der Waals surface area (Å²) in [6.07, 6.45) is -0.438. The normalized spacial score (nSPS) is 22.0. The summed E-state index contributed by atoms with van der Waals surface area (Å²) in [6, 6.07) is 0. The first-order chi connectivity index (χ1) is 10.4. The van der Waals surface area contributed by atoms with Crippen molar-refractivity contribution in [2.24, 2.45) is 5.92 Å². The monoisotopic (exact) mass is 330 g/mol. The van der Waals surface area contributed by atoms with E-state index in [4.69, 9.17) is 0 Å².